The number of Topliss-reactive ketones (excluding diaryl/α,β-unsaturated/α-hetero) is 1. The fraction of sp³-hybridized carbons (Fsp3) is 0.269. The van der Waals surface area contributed by atoms with Crippen LogP contribution in [-0.4, -0.2) is 11.9 Å². The third kappa shape index (κ3) is 3.98. The van der Waals surface area contributed by atoms with Gasteiger partial charge in [-0.25, -0.2) is 0 Å². The van der Waals surface area contributed by atoms with Crippen LogP contribution in [0.2, 0.25) is 0 Å². The topological polar surface area (TPSA) is 50.4 Å². The fourth-order valence-corrected chi connectivity index (χ4v) is 5.31. The monoisotopic (exact) mass is 430 g/mol. The number of anilines is 2. The molecule has 0 spiro atoms. The van der Waals surface area contributed by atoms with Gasteiger partial charge in [-0.15, -0.1) is 11.3 Å². The maximum absolute atomic E-state index is 13.5. The highest BCUT2D eigenvalue weighted by Crippen LogP contribution is 2.45. The van der Waals surface area contributed by atoms with Crippen LogP contribution in [0.25, 0.3) is 0 Å². The zero-order valence-corrected chi connectivity index (χ0v) is 18.5. The van der Waals surface area contributed by atoms with Gasteiger partial charge in [-0.2, -0.15) is 0 Å². The molecule has 3 aromatic rings. The second kappa shape index (κ2) is 8.23. The van der Waals surface area contributed by atoms with E-state index in [1.54, 1.807) is 11.3 Å². The summed E-state index contributed by atoms with van der Waals surface area (Å²) in [5, 5.41) is 9.32. The lowest BCUT2D eigenvalue weighted by Crippen LogP contribution is -2.26. The van der Waals surface area contributed by atoms with Gasteiger partial charge < -0.3 is 15.4 Å². The molecular weight excluding hydrogens is 404 g/mol. The number of nitrogens with one attached hydrogen (secondary N) is 2. The van der Waals surface area contributed by atoms with Gasteiger partial charge in [0.15, 0.2) is 5.78 Å². The quantitative estimate of drug-likeness (QED) is 0.495. The molecule has 5 rings (SSSR count). The number of allylic oxidation sites excluding steroid dienone is 1. The van der Waals surface area contributed by atoms with Gasteiger partial charge in [-0.3, -0.25) is 4.79 Å². The van der Waals surface area contributed by atoms with Gasteiger partial charge in [0.2, 0.25) is 0 Å². The number of ether oxygens (including phenoxy) is 1. The van der Waals surface area contributed by atoms with Crippen molar-refractivity contribution in [2.24, 2.45) is 0 Å². The normalized spacial score (nSPS) is 20.4. The minimum Gasteiger partial charge on any atom is -0.491 e. The highest BCUT2D eigenvalue weighted by Gasteiger charge is 2.36. The van der Waals surface area contributed by atoms with E-state index >= 15 is 0 Å². The van der Waals surface area contributed by atoms with E-state index in [0.29, 0.717) is 6.42 Å². The van der Waals surface area contributed by atoms with Crippen molar-refractivity contribution in [2.45, 2.75) is 44.8 Å². The lowest BCUT2D eigenvalue weighted by molar-refractivity contribution is -0.116. The zero-order valence-electron chi connectivity index (χ0n) is 17.7. The smallest absolute Gasteiger partial charge is 0.163 e. The molecule has 5 heteroatoms. The molecule has 0 amide bonds. The Kier molecular flexibility index (Phi) is 5.28. The summed E-state index contributed by atoms with van der Waals surface area (Å²) in [5.74, 6) is 1.28. The first-order chi connectivity index (χ1) is 15.1. The Labute approximate surface area is 187 Å². The molecule has 31 heavy (non-hydrogen) atoms. The van der Waals surface area contributed by atoms with Crippen molar-refractivity contribution in [1.82, 2.24) is 0 Å². The Morgan fingerprint density at radius 3 is 2.45 bits per heavy atom. The highest BCUT2D eigenvalue weighted by atomic mass is 32.1. The second-order valence-corrected chi connectivity index (χ2v) is 9.40. The number of hydrogen-bond donors (Lipinski definition) is 2. The Morgan fingerprint density at radius 2 is 1.74 bits per heavy atom. The molecular formula is C26H26N2O2S. The third-order valence-electron chi connectivity index (χ3n) is 5.84. The van der Waals surface area contributed by atoms with Gasteiger partial charge in [-0.1, -0.05) is 30.3 Å². The summed E-state index contributed by atoms with van der Waals surface area (Å²) in [6.07, 6.45) is 1.51. The van der Waals surface area contributed by atoms with Crippen LogP contribution in [0.3, 0.4) is 0 Å². The molecule has 0 bridgehead atoms. The van der Waals surface area contributed by atoms with E-state index in [1.165, 1.54) is 4.88 Å². The molecule has 1 aliphatic heterocycles. The van der Waals surface area contributed by atoms with E-state index in [4.69, 9.17) is 4.74 Å². The van der Waals surface area contributed by atoms with Crippen molar-refractivity contribution in [3.63, 3.8) is 0 Å². The van der Waals surface area contributed by atoms with E-state index in [0.717, 1.165) is 40.4 Å². The zero-order chi connectivity index (χ0) is 21.4. The number of ketones is 1. The van der Waals surface area contributed by atoms with Gasteiger partial charge >= 0.3 is 0 Å². The SMILES string of the molecule is CC(C)Oc1ccc(C2Nc3ccccc3NC3=C2C(=O)CC(c2cccs2)C3)cc1. The van der Waals surface area contributed by atoms with E-state index in [-0.39, 0.29) is 23.8 Å². The molecule has 2 aromatic carbocycles. The van der Waals surface area contributed by atoms with Crippen LogP contribution in [0.4, 0.5) is 11.4 Å². The van der Waals surface area contributed by atoms with E-state index in [9.17, 15) is 4.79 Å². The lowest BCUT2D eigenvalue weighted by Gasteiger charge is -2.29. The van der Waals surface area contributed by atoms with Crippen molar-refractivity contribution in [3.05, 3.63) is 87.8 Å². The number of benzene rings is 2. The first-order valence-corrected chi connectivity index (χ1v) is 11.7. The van der Waals surface area contributed by atoms with Gasteiger partial charge in [0.25, 0.3) is 0 Å². The second-order valence-electron chi connectivity index (χ2n) is 8.42. The van der Waals surface area contributed by atoms with Gasteiger partial charge in [0.1, 0.15) is 5.75 Å². The number of hydrogen-bond acceptors (Lipinski definition) is 5. The molecule has 0 radical (unpaired) electrons. The van der Waals surface area contributed by atoms with Crippen LogP contribution >= 0.6 is 11.3 Å². The number of carbonyl (C=O) groups is 1. The maximum Gasteiger partial charge on any atom is 0.163 e. The lowest BCUT2D eigenvalue weighted by atomic mass is 9.81. The largest absolute Gasteiger partial charge is 0.491 e. The molecule has 1 aromatic heterocycles. The number of fused-ring (bicyclic) bond motifs is 1. The molecule has 158 valence electrons. The van der Waals surface area contributed by atoms with E-state index in [1.807, 2.05) is 38.1 Å². The Hall–Kier alpha value is -3.05. The summed E-state index contributed by atoms with van der Waals surface area (Å²) in [6, 6.07) is 20.3. The number of rotatable bonds is 4. The van der Waals surface area contributed by atoms with Crippen molar-refractivity contribution in [1.29, 1.82) is 0 Å². The molecule has 0 saturated carbocycles. The standard InChI is InChI=1S/C26H26N2O2S/c1-16(2)30-19-11-9-17(10-12-19)26-25-22(27-20-6-3-4-7-21(20)28-26)14-18(15-23(25)29)24-8-5-13-31-24/h3-13,16,18,26-28H,14-15H2,1-2H3. The van der Waals surface area contributed by atoms with E-state index in [2.05, 4.69) is 52.4 Å². The number of thiophene rings is 1. The molecule has 4 nitrogen and oxygen atoms in total. The molecule has 2 heterocycles. The predicted molar refractivity (Wildman–Crippen MR) is 127 cm³/mol. The van der Waals surface area contributed by atoms with Crippen LogP contribution in [0.5, 0.6) is 5.75 Å². The minimum absolute atomic E-state index is 0.126. The molecule has 1 aliphatic carbocycles. The first kappa shape index (κ1) is 19.9. The Morgan fingerprint density at radius 1 is 0.968 bits per heavy atom. The molecule has 2 aliphatic rings. The number of para-hydroxylation sites is 2. The van der Waals surface area contributed by atoms with Crippen molar-refractivity contribution >= 4 is 28.5 Å². The molecule has 2 atom stereocenters. The van der Waals surface area contributed by atoms with Crippen LogP contribution in [0.15, 0.2) is 77.3 Å². The summed E-state index contributed by atoms with van der Waals surface area (Å²) in [6.45, 7) is 4.04. The maximum atomic E-state index is 13.5. The minimum atomic E-state index is -0.198. The van der Waals surface area contributed by atoms with Gasteiger partial charge in [0.05, 0.1) is 23.5 Å². The third-order valence-corrected chi connectivity index (χ3v) is 6.87. The van der Waals surface area contributed by atoms with Crippen LogP contribution < -0.4 is 15.4 Å². The Balaban J connectivity index is 1.56. The van der Waals surface area contributed by atoms with Gasteiger partial charge in [-0.05, 0) is 61.5 Å². The van der Waals surface area contributed by atoms with Crippen LogP contribution in [0.1, 0.15) is 49.1 Å². The first-order valence-electron chi connectivity index (χ1n) is 10.8. The number of carbonyl (C=O) groups excluding carboxylic acids is 1. The summed E-state index contributed by atoms with van der Waals surface area (Å²) in [5.41, 5.74) is 4.95. The van der Waals surface area contributed by atoms with Crippen molar-refractivity contribution < 1.29 is 9.53 Å². The predicted octanol–water partition coefficient (Wildman–Crippen LogP) is 6.51. The average molecular weight is 431 g/mol. The summed E-state index contributed by atoms with van der Waals surface area (Å²) >= 11 is 1.73. The summed E-state index contributed by atoms with van der Waals surface area (Å²) in [7, 11) is 0. The molecule has 2 N–H and O–H groups in total. The van der Waals surface area contributed by atoms with Crippen LogP contribution in [-0.2, 0) is 4.79 Å². The highest BCUT2D eigenvalue weighted by molar-refractivity contribution is 7.10. The average Bonchev–Trinajstić information content (AvgIpc) is 3.23. The van der Waals surface area contributed by atoms with E-state index < -0.39 is 0 Å². The van der Waals surface area contributed by atoms with Crippen molar-refractivity contribution in [3.8, 4) is 5.75 Å². The molecule has 0 saturated heterocycles. The fourth-order valence-electron chi connectivity index (χ4n) is 4.48. The summed E-state index contributed by atoms with van der Waals surface area (Å²) < 4.78 is 5.81. The Bertz CT molecular complexity index is 1120. The van der Waals surface area contributed by atoms with Crippen molar-refractivity contribution in [2.75, 3.05) is 10.6 Å². The molecule has 2 unspecified atom stereocenters. The van der Waals surface area contributed by atoms with Gasteiger partial charge in [0, 0.05) is 28.5 Å². The summed E-state index contributed by atoms with van der Waals surface area (Å²) in [4.78, 5) is 14.8. The molecule has 0 fully saturated rings. The van der Waals surface area contributed by atoms with Crippen LogP contribution in [0, 0.1) is 0 Å².